The number of aliphatic hydroxyl groups excluding tert-OH is 1. The van der Waals surface area contributed by atoms with Crippen LogP contribution in [0.25, 0.3) is 0 Å². The Morgan fingerprint density at radius 1 is 1.21 bits per heavy atom. The number of carbonyl (C=O) groups is 1. The summed E-state index contributed by atoms with van der Waals surface area (Å²) in [6, 6.07) is 7.75. The van der Waals surface area contributed by atoms with Crippen LogP contribution in [-0.4, -0.2) is 17.6 Å². The number of hydrogen-bond acceptors (Lipinski definition) is 2. The van der Waals surface area contributed by atoms with Crippen LogP contribution in [0, 0.1) is 0 Å². The summed E-state index contributed by atoms with van der Waals surface area (Å²) < 4.78 is 0. The Morgan fingerprint density at radius 3 is 2.42 bits per heavy atom. The number of unbranched alkanes of at least 4 members (excludes halogenated alkanes) is 2. The van der Waals surface area contributed by atoms with Gasteiger partial charge in [-0.2, -0.15) is 0 Å². The van der Waals surface area contributed by atoms with Crippen LogP contribution >= 0.6 is 0 Å². The molecule has 0 radical (unpaired) electrons. The lowest BCUT2D eigenvalue weighted by atomic mass is 10.0. The van der Waals surface area contributed by atoms with E-state index in [0.717, 1.165) is 31.2 Å². The lowest BCUT2D eigenvalue weighted by Crippen LogP contribution is -2.30. The van der Waals surface area contributed by atoms with Gasteiger partial charge in [0.25, 0.3) is 0 Å². The van der Waals surface area contributed by atoms with E-state index in [2.05, 4.69) is 19.2 Å². The summed E-state index contributed by atoms with van der Waals surface area (Å²) in [7, 11) is 0. The number of carbonyl (C=O) groups excluding carboxylic acids is 1. The average Bonchev–Trinajstić information content (AvgIpc) is 2.45. The smallest absolute Gasteiger partial charge is 0.220 e. The second-order valence-electron chi connectivity index (χ2n) is 4.85. The van der Waals surface area contributed by atoms with E-state index in [1.165, 1.54) is 5.56 Å². The second kappa shape index (κ2) is 8.70. The minimum Gasteiger partial charge on any atom is -0.394 e. The van der Waals surface area contributed by atoms with Gasteiger partial charge < -0.3 is 10.4 Å². The summed E-state index contributed by atoms with van der Waals surface area (Å²) in [5, 5.41) is 12.3. The number of aliphatic hydroxyl groups is 1. The predicted molar refractivity (Wildman–Crippen MR) is 77.9 cm³/mol. The fraction of sp³-hybridized carbons (Fsp3) is 0.562. The molecule has 1 rings (SSSR count). The van der Waals surface area contributed by atoms with Crippen molar-refractivity contribution in [2.75, 3.05) is 6.61 Å². The molecule has 0 spiro atoms. The number of rotatable bonds is 8. The van der Waals surface area contributed by atoms with Gasteiger partial charge in [0.1, 0.15) is 0 Å². The van der Waals surface area contributed by atoms with Crippen molar-refractivity contribution in [1.29, 1.82) is 0 Å². The molecular weight excluding hydrogens is 238 g/mol. The number of benzene rings is 1. The van der Waals surface area contributed by atoms with Gasteiger partial charge in [0, 0.05) is 6.42 Å². The van der Waals surface area contributed by atoms with Gasteiger partial charge in [-0.15, -0.1) is 0 Å². The average molecular weight is 263 g/mol. The largest absolute Gasteiger partial charge is 0.394 e. The van der Waals surface area contributed by atoms with Crippen LogP contribution in [0.1, 0.15) is 56.7 Å². The molecule has 0 heterocycles. The Morgan fingerprint density at radius 2 is 1.89 bits per heavy atom. The fourth-order valence-electron chi connectivity index (χ4n) is 2.02. The first kappa shape index (κ1) is 15.7. The van der Waals surface area contributed by atoms with Gasteiger partial charge >= 0.3 is 0 Å². The molecule has 0 aliphatic heterocycles. The van der Waals surface area contributed by atoms with Crippen molar-refractivity contribution in [2.45, 2.75) is 52.0 Å². The topological polar surface area (TPSA) is 49.3 Å². The van der Waals surface area contributed by atoms with E-state index in [1.54, 1.807) is 0 Å². The molecule has 0 aliphatic carbocycles. The molecule has 1 atom stereocenters. The number of nitrogens with one attached hydrogen (secondary N) is 1. The van der Waals surface area contributed by atoms with Crippen LogP contribution < -0.4 is 5.32 Å². The molecule has 3 nitrogen and oxygen atoms in total. The number of hydrogen-bond donors (Lipinski definition) is 2. The summed E-state index contributed by atoms with van der Waals surface area (Å²) in [5.41, 5.74) is 2.22. The summed E-state index contributed by atoms with van der Waals surface area (Å²) in [5.74, 6) is 0.0204. The lowest BCUT2D eigenvalue weighted by Gasteiger charge is -2.17. The minimum atomic E-state index is -0.292. The Balaban J connectivity index is 2.54. The first-order valence-electron chi connectivity index (χ1n) is 7.20. The van der Waals surface area contributed by atoms with Gasteiger partial charge in [0.05, 0.1) is 12.6 Å². The van der Waals surface area contributed by atoms with Gasteiger partial charge in [-0.05, 0) is 24.0 Å². The third-order valence-electron chi connectivity index (χ3n) is 3.32. The van der Waals surface area contributed by atoms with Gasteiger partial charge in [-0.1, -0.05) is 51.0 Å². The predicted octanol–water partition coefficient (Wildman–Crippen LogP) is 2.98. The molecule has 0 saturated carbocycles. The van der Waals surface area contributed by atoms with Gasteiger partial charge in [-0.3, -0.25) is 4.79 Å². The zero-order chi connectivity index (χ0) is 14.1. The maximum absolute atomic E-state index is 11.8. The van der Waals surface area contributed by atoms with Crippen molar-refractivity contribution in [2.24, 2.45) is 0 Å². The molecule has 1 aromatic rings. The molecular formula is C16H25NO2. The first-order valence-corrected chi connectivity index (χ1v) is 7.20. The van der Waals surface area contributed by atoms with E-state index in [9.17, 15) is 9.90 Å². The van der Waals surface area contributed by atoms with E-state index < -0.39 is 0 Å². The van der Waals surface area contributed by atoms with Gasteiger partial charge in [0.2, 0.25) is 5.91 Å². The molecule has 0 fully saturated rings. The highest BCUT2D eigenvalue weighted by atomic mass is 16.3. The van der Waals surface area contributed by atoms with Crippen molar-refractivity contribution in [3.63, 3.8) is 0 Å². The van der Waals surface area contributed by atoms with E-state index in [-0.39, 0.29) is 18.6 Å². The second-order valence-corrected chi connectivity index (χ2v) is 4.85. The maximum Gasteiger partial charge on any atom is 0.220 e. The number of aryl methyl sites for hydroxylation is 1. The van der Waals surface area contributed by atoms with Crippen molar-refractivity contribution in [1.82, 2.24) is 5.32 Å². The number of amides is 1. The molecule has 19 heavy (non-hydrogen) atoms. The van der Waals surface area contributed by atoms with Crippen LogP contribution in [-0.2, 0) is 11.2 Å². The molecule has 0 bridgehead atoms. The quantitative estimate of drug-likeness (QED) is 0.708. The van der Waals surface area contributed by atoms with Crippen molar-refractivity contribution >= 4 is 5.91 Å². The maximum atomic E-state index is 11.8. The van der Waals surface area contributed by atoms with Crippen LogP contribution in [0.4, 0.5) is 0 Å². The van der Waals surface area contributed by atoms with E-state index in [4.69, 9.17) is 0 Å². The molecule has 0 aliphatic rings. The van der Waals surface area contributed by atoms with Gasteiger partial charge in [0.15, 0.2) is 0 Å². The van der Waals surface area contributed by atoms with E-state index in [0.29, 0.717) is 6.42 Å². The zero-order valence-corrected chi connectivity index (χ0v) is 12.0. The van der Waals surface area contributed by atoms with E-state index in [1.807, 2.05) is 24.3 Å². The summed E-state index contributed by atoms with van der Waals surface area (Å²) in [6.45, 7) is 4.16. The normalized spacial score (nSPS) is 12.2. The standard InChI is InChI=1S/C16H25NO2/c1-3-5-6-7-16(19)17-15(12-18)14-10-8-13(4-2)9-11-14/h8-11,15,18H,3-7,12H2,1-2H3,(H,17,19). The van der Waals surface area contributed by atoms with Crippen LogP contribution in [0.15, 0.2) is 24.3 Å². The lowest BCUT2D eigenvalue weighted by molar-refractivity contribution is -0.122. The first-order chi connectivity index (χ1) is 9.21. The molecule has 2 N–H and O–H groups in total. The highest BCUT2D eigenvalue weighted by molar-refractivity contribution is 5.76. The van der Waals surface area contributed by atoms with Crippen LogP contribution in [0.3, 0.4) is 0 Å². The Kier molecular flexibility index (Phi) is 7.19. The highest BCUT2D eigenvalue weighted by Gasteiger charge is 2.13. The van der Waals surface area contributed by atoms with Crippen molar-refractivity contribution < 1.29 is 9.90 Å². The zero-order valence-electron chi connectivity index (χ0n) is 12.0. The molecule has 1 unspecified atom stereocenters. The Bertz CT molecular complexity index is 373. The molecule has 0 saturated heterocycles. The SMILES string of the molecule is CCCCCC(=O)NC(CO)c1ccc(CC)cc1. The summed E-state index contributed by atoms with van der Waals surface area (Å²) in [6.07, 6.45) is 4.62. The van der Waals surface area contributed by atoms with Gasteiger partial charge in [-0.25, -0.2) is 0 Å². The minimum absolute atomic E-state index is 0.0204. The summed E-state index contributed by atoms with van der Waals surface area (Å²) >= 11 is 0. The molecule has 106 valence electrons. The molecule has 0 aromatic heterocycles. The Hall–Kier alpha value is -1.35. The van der Waals surface area contributed by atoms with Crippen LogP contribution in [0.2, 0.25) is 0 Å². The van der Waals surface area contributed by atoms with Crippen molar-refractivity contribution in [3.05, 3.63) is 35.4 Å². The molecule has 3 heteroatoms. The highest BCUT2D eigenvalue weighted by Crippen LogP contribution is 2.14. The molecule has 1 aromatic carbocycles. The monoisotopic (exact) mass is 263 g/mol. The Labute approximate surface area is 116 Å². The third-order valence-corrected chi connectivity index (χ3v) is 3.32. The van der Waals surface area contributed by atoms with Crippen LogP contribution in [0.5, 0.6) is 0 Å². The van der Waals surface area contributed by atoms with Crippen molar-refractivity contribution in [3.8, 4) is 0 Å². The molecule has 1 amide bonds. The summed E-state index contributed by atoms with van der Waals surface area (Å²) in [4.78, 5) is 11.8. The third kappa shape index (κ3) is 5.43. The van der Waals surface area contributed by atoms with E-state index >= 15 is 0 Å². The fourth-order valence-corrected chi connectivity index (χ4v) is 2.02.